The maximum Gasteiger partial charge on any atom is 0.421 e. The third kappa shape index (κ3) is 9.03. The first-order valence-electron chi connectivity index (χ1n) is 14.3. The molecular weight excluding hydrogens is 508 g/mol. The van der Waals surface area contributed by atoms with Crippen molar-refractivity contribution in [3.05, 3.63) is 84.4 Å². The Kier molecular flexibility index (Phi) is 13.8. The molecule has 2 aromatic heterocycles. The molecule has 41 heavy (non-hydrogen) atoms. The van der Waals surface area contributed by atoms with E-state index in [4.69, 9.17) is 0 Å². The fourth-order valence-electron chi connectivity index (χ4n) is 4.63. The third-order valence-corrected chi connectivity index (χ3v) is 7.06. The van der Waals surface area contributed by atoms with E-state index in [0.29, 0.717) is 0 Å². The number of imidazole rings is 2. The number of unbranched alkanes of at least 4 members (excludes halogenated alkanes) is 2. The van der Waals surface area contributed by atoms with E-state index < -0.39 is 0 Å². The summed E-state index contributed by atoms with van der Waals surface area (Å²) in [4.78, 5) is 0. The van der Waals surface area contributed by atoms with Crippen LogP contribution in [0.25, 0.3) is 0 Å². The minimum atomic E-state index is 0. The lowest BCUT2D eigenvalue weighted by molar-refractivity contribution is -0.680. The van der Waals surface area contributed by atoms with Gasteiger partial charge in [0, 0.05) is 10.2 Å². The predicted molar refractivity (Wildman–Crippen MR) is 168 cm³/mol. The van der Waals surface area contributed by atoms with Gasteiger partial charge in [-0.3, -0.25) is 0 Å². The van der Waals surface area contributed by atoms with Crippen molar-refractivity contribution >= 4 is 23.3 Å². The quantitative estimate of drug-likeness (QED) is 0.0842. The highest BCUT2D eigenvalue weighted by Crippen LogP contribution is 2.20. The summed E-state index contributed by atoms with van der Waals surface area (Å²) in [6, 6.07) is 17.0. The number of rotatable bonds is 14. The standard InChI is InChI=1S/C31H42N8.2CH4/c1-5-36-22-23-37(6-2)30(36)34-32-28-18-14-26(15-19-28)12-10-9-11-13-27-16-20-29(21-17-27)33-35-31-38(7-3)24-25-39(31)8-4;;/h14-25H,5-13H2,1-4H3;2*1H4/q+2;;. The molecule has 0 bridgehead atoms. The molecule has 4 aromatic rings. The normalized spacial score (nSPS) is 11.2. The van der Waals surface area contributed by atoms with E-state index >= 15 is 0 Å². The van der Waals surface area contributed by atoms with Gasteiger partial charge in [-0.15, -0.1) is 0 Å². The number of hydrogen-bond acceptors (Lipinski definition) is 4. The topological polar surface area (TPSA) is 67.1 Å². The van der Waals surface area contributed by atoms with E-state index in [2.05, 4.69) is 140 Å². The smallest absolute Gasteiger partial charge is 0.231 e. The zero-order valence-electron chi connectivity index (χ0n) is 23.9. The van der Waals surface area contributed by atoms with Gasteiger partial charge in [-0.2, -0.15) is 0 Å². The van der Waals surface area contributed by atoms with Gasteiger partial charge in [0.2, 0.25) is 0 Å². The summed E-state index contributed by atoms with van der Waals surface area (Å²) in [6.45, 7) is 12.0. The number of azo groups is 2. The van der Waals surface area contributed by atoms with Crippen molar-refractivity contribution in [1.82, 2.24) is 9.13 Å². The fraction of sp³-hybridized carbons (Fsp3) is 0.455. The minimum absolute atomic E-state index is 0. The monoisotopic (exact) mass is 558 g/mol. The first-order valence-corrected chi connectivity index (χ1v) is 14.3. The summed E-state index contributed by atoms with van der Waals surface area (Å²) in [7, 11) is 0. The second-order valence-electron chi connectivity index (χ2n) is 9.63. The molecule has 0 atom stereocenters. The first-order chi connectivity index (χ1) is 19.1. The van der Waals surface area contributed by atoms with Gasteiger partial charge in [0.15, 0.2) is 0 Å². The van der Waals surface area contributed by atoms with E-state index in [1.807, 2.05) is 0 Å². The molecule has 8 nitrogen and oxygen atoms in total. The van der Waals surface area contributed by atoms with Gasteiger partial charge in [0.1, 0.15) is 11.4 Å². The van der Waals surface area contributed by atoms with E-state index in [0.717, 1.165) is 62.3 Å². The SMILES string of the molecule is C.C.CCn1cc[n+](CC)c1N=Nc1ccc(CCCCCc2ccc(N=Nc3n(CC)cc[n+]3CC)cc2)cc1. The van der Waals surface area contributed by atoms with Crippen molar-refractivity contribution in [1.29, 1.82) is 0 Å². The number of nitrogens with zero attached hydrogens (tertiary/aromatic N) is 8. The van der Waals surface area contributed by atoms with Gasteiger partial charge < -0.3 is 0 Å². The molecule has 4 rings (SSSR count). The van der Waals surface area contributed by atoms with Gasteiger partial charge in [0.25, 0.3) is 0 Å². The molecule has 0 saturated heterocycles. The zero-order chi connectivity index (χ0) is 27.5. The van der Waals surface area contributed by atoms with Crippen LogP contribution in [-0.4, -0.2) is 9.13 Å². The predicted octanol–water partition coefficient (Wildman–Crippen LogP) is 9.00. The molecule has 0 spiro atoms. The summed E-state index contributed by atoms with van der Waals surface area (Å²) in [5.74, 6) is 1.77. The summed E-state index contributed by atoms with van der Waals surface area (Å²) < 4.78 is 8.42. The van der Waals surface area contributed by atoms with Crippen LogP contribution in [0.2, 0.25) is 0 Å². The number of aryl methyl sites for hydroxylation is 6. The minimum Gasteiger partial charge on any atom is -0.231 e. The van der Waals surface area contributed by atoms with Crippen LogP contribution in [0.5, 0.6) is 0 Å². The van der Waals surface area contributed by atoms with Gasteiger partial charge >= 0.3 is 11.9 Å². The van der Waals surface area contributed by atoms with Crippen LogP contribution in [0.15, 0.2) is 93.8 Å². The Morgan fingerprint density at radius 2 is 0.927 bits per heavy atom. The molecule has 0 aliphatic carbocycles. The van der Waals surface area contributed by atoms with Crippen LogP contribution in [0.3, 0.4) is 0 Å². The molecule has 2 heterocycles. The second-order valence-corrected chi connectivity index (χ2v) is 9.63. The summed E-state index contributed by atoms with van der Waals surface area (Å²) >= 11 is 0. The fourth-order valence-corrected chi connectivity index (χ4v) is 4.63. The molecule has 2 aromatic carbocycles. The van der Waals surface area contributed by atoms with E-state index in [9.17, 15) is 0 Å². The highest BCUT2D eigenvalue weighted by Gasteiger charge is 2.15. The maximum atomic E-state index is 4.50. The third-order valence-electron chi connectivity index (χ3n) is 7.06. The van der Waals surface area contributed by atoms with Crippen molar-refractivity contribution in [2.75, 3.05) is 0 Å². The van der Waals surface area contributed by atoms with Crippen LogP contribution in [0, 0.1) is 0 Å². The number of aromatic nitrogens is 4. The lowest BCUT2D eigenvalue weighted by Gasteiger charge is -2.03. The highest BCUT2D eigenvalue weighted by molar-refractivity contribution is 5.39. The van der Waals surface area contributed by atoms with Crippen molar-refractivity contribution in [2.24, 2.45) is 20.5 Å². The second kappa shape index (κ2) is 17.0. The van der Waals surface area contributed by atoms with Crippen LogP contribution < -0.4 is 9.13 Å². The largest absolute Gasteiger partial charge is 0.421 e. The summed E-state index contributed by atoms with van der Waals surface area (Å²) in [6.07, 6.45) is 14.0. The molecule has 0 unspecified atom stereocenters. The molecule has 0 N–H and O–H groups in total. The zero-order valence-corrected chi connectivity index (χ0v) is 23.9. The molecule has 0 saturated carbocycles. The van der Waals surface area contributed by atoms with Crippen LogP contribution in [0.1, 0.15) is 72.9 Å². The van der Waals surface area contributed by atoms with Crippen molar-refractivity contribution in [3.8, 4) is 0 Å². The Hall–Kier alpha value is -3.94. The van der Waals surface area contributed by atoms with Gasteiger partial charge in [-0.25, -0.2) is 18.3 Å². The molecule has 8 heteroatoms. The van der Waals surface area contributed by atoms with Gasteiger partial charge in [-0.05, 0) is 88.8 Å². The van der Waals surface area contributed by atoms with Crippen LogP contribution in [-0.2, 0) is 39.0 Å². The van der Waals surface area contributed by atoms with Crippen LogP contribution >= 0.6 is 0 Å². The Bertz CT molecular complexity index is 1210. The molecule has 0 radical (unpaired) electrons. The average molecular weight is 559 g/mol. The number of hydrogen-bond donors (Lipinski definition) is 0. The van der Waals surface area contributed by atoms with E-state index in [1.54, 1.807) is 0 Å². The highest BCUT2D eigenvalue weighted by atomic mass is 15.3. The molecular formula is C33H50N8+2. The Morgan fingerprint density at radius 1 is 0.537 bits per heavy atom. The van der Waals surface area contributed by atoms with E-state index in [1.165, 1.54) is 30.4 Å². The lowest BCUT2D eigenvalue weighted by atomic mass is 10.0. The first kappa shape index (κ1) is 33.3. The van der Waals surface area contributed by atoms with Crippen molar-refractivity contribution < 1.29 is 9.13 Å². The molecule has 0 amide bonds. The molecule has 0 aliphatic heterocycles. The van der Waals surface area contributed by atoms with Crippen molar-refractivity contribution in [3.63, 3.8) is 0 Å². The van der Waals surface area contributed by atoms with Gasteiger partial charge in [-0.1, -0.05) is 55.8 Å². The Morgan fingerprint density at radius 3 is 1.27 bits per heavy atom. The molecule has 220 valence electrons. The van der Waals surface area contributed by atoms with Crippen LogP contribution in [0.4, 0.5) is 23.3 Å². The summed E-state index contributed by atoms with van der Waals surface area (Å²) in [5.41, 5.74) is 4.47. The maximum absolute atomic E-state index is 4.50. The van der Waals surface area contributed by atoms with Gasteiger partial charge in [0.05, 0.1) is 51.0 Å². The Labute approximate surface area is 247 Å². The summed E-state index contributed by atoms with van der Waals surface area (Å²) in [5, 5.41) is 17.9. The average Bonchev–Trinajstić information content (AvgIpc) is 3.58. The number of benzene rings is 2. The van der Waals surface area contributed by atoms with E-state index in [-0.39, 0.29) is 14.9 Å². The lowest BCUT2D eigenvalue weighted by Crippen LogP contribution is -2.30. The Balaban J connectivity index is 0.00000294. The molecule has 0 aliphatic rings. The molecule has 0 fully saturated rings. The van der Waals surface area contributed by atoms with Crippen molar-refractivity contribution in [2.45, 2.75) is 101 Å².